The number of benzene rings is 2. The summed E-state index contributed by atoms with van der Waals surface area (Å²) in [6.45, 7) is 6.28. The van der Waals surface area contributed by atoms with Crippen molar-refractivity contribution in [3.8, 4) is 11.1 Å². The van der Waals surface area contributed by atoms with Crippen molar-refractivity contribution in [3.63, 3.8) is 0 Å². The lowest BCUT2D eigenvalue weighted by atomic mass is 9.87. The second-order valence-electron chi connectivity index (χ2n) is 7.48. The van der Waals surface area contributed by atoms with Gasteiger partial charge in [-0.3, -0.25) is 9.69 Å². The Morgan fingerprint density at radius 1 is 1.15 bits per heavy atom. The Labute approximate surface area is 154 Å². The highest BCUT2D eigenvalue weighted by Crippen LogP contribution is 2.60. The van der Waals surface area contributed by atoms with Crippen LogP contribution in [0.1, 0.15) is 24.8 Å². The topological polar surface area (TPSA) is 58.7 Å². The van der Waals surface area contributed by atoms with Gasteiger partial charge < -0.3 is 5.73 Å². The first-order chi connectivity index (χ1) is 12.4. The van der Waals surface area contributed by atoms with Gasteiger partial charge in [-0.1, -0.05) is 66.7 Å². The molecule has 0 radical (unpaired) electrons. The second-order valence-corrected chi connectivity index (χ2v) is 7.48. The molecule has 1 aliphatic heterocycles. The minimum Gasteiger partial charge on any atom is -0.369 e. The Kier molecular flexibility index (Phi) is 3.72. The van der Waals surface area contributed by atoms with Crippen LogP contribution in [-0.2, 0) is 4.79 Å². The Hall–Kier alpha value is -2.88. The summed E-state index contributed by atoms with van der Waals surface area (Å²) in [5.74, 6) is 0.665. The maximum Gasteiger partial charge on any atom is 0.231 e. The maximum atomic E-state index is 12.3. The van der Waals surface area contributed by atoms with Crippen LogP contribution < -0.4 is 5.73 Å². The molecule has 1 heterocycles. The molecule has 26 heavy (non-hydrogen) atoms. The number of hydrogen-bond acceptors (Lipinski definition) is 3. The molecule has 1 fully saturated rings. The Balaban J connectivity index is 1.65. The van der Waals surface area contributed by atoms with Crippen LogP contribution in [0.2, 0.25) is 0 Å². The third kappa shape index (κ3) is 2.62. The molecule has 2 N–H and O–H groups in total. The number of rotatable bonds is 3. The number of carbonyl (C=O) groups is 1. The van der Waals surface area contributed by atoms with Gasteiger partial charge in [0.05, 0.1) is 12.0 Å². The van der Waals surface area contributed by atoms with E-state index in [1.807, 2.05) is 25.1 Å². The summed E-state index contributed by atoms with van der Waals surface area (Å²) in [6, 6.07) is 18.9. The number of nitrogens with two attached hydrogens (primary N) is 1. The summed E-state index contributed by atoms with van der Waals surface area (Å²) < 4.78 is 0. The van der Waals surface area contributed by atoms with Crippen LogP contribution in [0.15, 0.2) is 71.7 Å². The fraction of sp³-hybridized carbons (Fsp3) is 0.273. The summed E-state index contributed by atoms with van der Waals surface area (Å²) in [5.41, 5.74) is 10.2. The van der Waals surface area contributed by atoms with Crippen LogP contribution in [-0.4, -0.2) is 29.4 Å². The van der Waals surface area contributed by atoms with Crippen LogP contribution in [0, 0.1) is 5.92 Å². The van der Waals surface area contributed by atoms with E-state index in [-0.39, 0.29) is 17.7 Å². The smallest absolute Gasteiger partial charge is 0.231 e. The average Bonchev–Trinajstić information content (AvgIpc) is 3.33. The zero-order chi connectivity index (χ0) is 18.5. The van der Waals surface area contributed by atoms with Crippen molar-refractivity contribution in [3.05, 3.63) is 72.3 Å². The normalized spacial score (nSPS) is 28.1. The van der Waals surface area contributed by atoms with Gasteiger partial charge in [0, 0.05) is 18.9 Å². The molecule has 4 heteroatoms. The van der Waals surface area contributed by atoms with E-state index in [1.54, 1.807) is 7.05 Å². The third-order valence-corrected chi connectivity index (χ3v) is 5.64. The third-order valence-electron chi connectivity index (χ3n) is 5.64. The van der Waals surface area contributed by atoms with E-state index < -0.39 is 5.54 Å². The second kappa shape index (κ2) is 5.84. The van der Waals surface area contributed by atoms with Crippen LogP contribution >= 0.6 is 0 Å². The number of hydrogen-bond donors (Lipinski definition) is 1. The van der Waals surface area contributed by atoms with Gasteiger partial charge in [0.15, 0.2) is 5.96 Å². The SMILES string of the molecule is C=C1[C@@H]([C@]2(C)CC(=O)N(C)C(N)=N2)[C@@H]1c1cccc(-c2ccccc2)c1. The van der Waals surface area contributed by atoms with Crippen molar-refractivity contribution in [2.45, 2.75) is 24.8 Å². The molecule has 2 aliphatic rings. The molecule has 1 amide bonds. The average molecular weight is 345 g/mol. The highest BCUT2D eigenvalue weighted by atomic mass is 16.2. The number of amides is 1. The quantitative estimate of drug-likeness (QED) is 0.865. The van der Waals surface area contributed by atoms with Crippen molar-refractivity contribution in [1.82, 2.24) is 4.90 Å². The summed E-state index contributed by atoms with van der Waals surface area (Å²) >= 11 is 0. The van der Waals surface area contributed by atoms with Crippen molar-refractivity contribution in [2.75, 3.05) is 7.05 Å². The van der Waals surface area contributed by atoms with Gasteiger partial charge in [0.2, 0.25) is 5.91 Å². The summed E-state index contributed by atoms with van der Waals surface area (Å²) in [7, 11) is 1.67. The molecule has 0 spiro atoms. The predicted molar refractivity (Wildman–Crippen MR) is 105 cm³/mol. The lowest BCUT2D eigenvalue weighted by Gasteiger charge is -2.33. The Bertz CT molecular complexity index is 918. The number of aliphatic imine (C=N–C) groups is 1. The molecular formula is C22H23N3O. The van der Waals surface area contributed by atoms with Crippen molar-refractivity contribution >= 4 is 11.9 Å². The lowest BCUT2D eigenvalue weighted by molar-refractivity contribution is -0.128. The van der Waals surface area contributed by atoms with E-state index in [9.17, 15) is 4.79 Å². The molecule has 4 rings (SSSR count). The van der Waals surface area contributed by atoms with Crippen molar-refractivity contribution in [2.24, 2.45) is 16.6 Å². The fourth-order valence-electron chi connectivity index (χ4n) is 4.13. The van der Waals surface area contributed by atoms with Gasteiger partial charge in [0.1, 0.15) is 0 Å². The zero-order valence-electron chi connectivity index (χ0n) is 15.1. The summed E-state index contributed by atoms with van der Waals surface area (Å²) in [6.07, 6.45) is 0.364. The first-order valence-electron chi connectivity index (χ1n) is 8.87. The highest BCUT2D eigenvalue weighted by molar-refractivity contribution is 5.99. The highest BCUT2D eigenvalue weighted by Gasteiger charge is 2.56. The molecule has 2 aromatic rings. The van der Waals surface area contributed by atoms with Gasteiger partial charge in [-0.2, -0.15) is 0 Å². The molecule has 2 aromatic carbocycles. The molecule has 1 saturated carbocycles. The van der Waals surface area contributed by atoms with Crippen LogP contribution in [0.4, 0.5) is 0 Å². The van der Waals surface area contributed by atoms with E-state index in [4.69, 9.17) is 5.73 Å². The largest absolute Gasteiger partial charge is 0.369 e. The van der Waals surface area contributed by atoms with E-state index in [0.29, 0.717) is 12.4 Å². The van der Waals surface area contributed by atoms with Gasteiger partial charge in [0.25, 0.3) is 0 Å². The molecule has 4 nitrogen and oxygen atoms in total. The molecule has 132 valence electrons. The Morgan fingerprint density at radius 2 is 1.85 bits per heavy atom. The fourth-order valence-corrected chi connectivity index (χ4v) is 4.13. The van der Waals surface area contributed by atoms with Crippen LogP contribution in [0.25, 0.3) is 11.1 Å². The first kappa shape index (κ1) is 16.6. The minimum atomic E-state index is -0.516. The van der Waals surface area contributed by atoms with Crippen molar-refractivity contribution in [1.29, 1.82) is 0 Å². The number of carbonyl (C=O) groups excluding carboxylic acids is 1. The molecule has 0 unspecified atom stereocenters. The van der Waals surface area contributed by atoms with Gasteiger partial charge in [-0.05, 0) is 23.6 Å². The zero-order valence-corrected chi connectivity index (χ0v) is 15.1. The van der Waals surface area contributed by atoms with Gasteiger partial charge >= 0.3 is 0 Å². The van der Waals surface area contributed by atoms with Crippen LogP contribution in [0.5, 0.6) is 0 Å². The van der Waals surface area contributed by atoms with Crippen molar-refractivity contribution < 1.29 is 4.79 Å². The van der Waals surface area contributed by atoms with Gasteiger partial charge in [-0.25, -0.2) is 4.99 Å². The number of guanidine groups is 1. The first-order valence-corrected chi connectivity index (χ1v) is 8.87. The predicted octanol–water partition coefficient (Wildman–Crippen LogP) is 3.56. The van der Waals surface area contributed by atoms with Gasteiger partial charge in [-0.15, -0.1) is 0 Å². The van der Waals surface area contributed by atoms with E-state index in [0.717, 1.165) is 5.57 Å². The van der Waals surface area contributed by atoms with E-state index in [2.05, 4.69) is 48.0 Å². The molecule has 3 atom stereocenters. The molecule has 0 saturated heterocycles. The molecule has 0 aromatic heterocycles. The maximum absolute atomic E-state index is 12.3. The number of nitrogens with zero attached hydrogens (tertiary/aromatic N) is 2. The standard InChI is InChI=1S/C22H23N3O/c1-14-19(20(14)22(2)13-18(26)25(3)21(23)24-22)17-11-7-10-16(12-17)15-8-5-4-6-9-15/h4-12,19-20H,1,13H2,2-3H3,(H2,23,24)/t19-,20+,22-/m0/s1. The molecule has 1 aliphatic carbocycles. The summed E-state index contributed by atoms with van der Waals surface area (Å²) in [5, 5.41) is 0. The molecular weight excluding hydrogens is 322 g/mol. The lowest BCUT2D eigenvalue weighted by Crippen LogP contribution is -2.49. The van der Waals surface area contributed by atoms with E-state index in [1.165, 1.54) is 21.6 Å². The summed E-state index contributed by atoms with van der Waals surface area (Å²) in [4.78, 5) is 18.4. The van der Waals surface area contributed by atoms with Crippen LogP contribution in [0.3, 0.4) is 0 Å². The minimum absolute atomic E-state index is 0.0106. The molecule has 0 bridgehead atoms. The van der Waals surface area contributed by atoms with E-state index >= 15 is 0 Å². The Morgan fingerprint density at radius 3 is 2.54 bits per heavy atom. The monoisotopic (exact) mass is 345 g/mol.